The summed E-state index contributed by atoms with van der Waals surface area (Å²) in [5.41, 5.74) is 5.53. The Morgan fingerprint density at radius 3 is 2.77 bits per heavy atom. The minimum absolute atomic E-state index is 0.375. The van der Waals surface area contributed by atoms with Gasteiger partial charge in [-0.05, 0) is 12.1 Å². The van der Waals surface area contributed by atoms with Crippen LogP contribution >= 0.6 is 11.6 Å². The van der Waals surface area contributed by atoms with Gasteiger partial charge in [0.15, 0.2) is 11.0 Å². The van der Waals surface area contributed by atoms with Gasteiger partial charge in [0.1, 0.15) is 5.84 Å². The first kappa shape index (κ1) is 8.25. The standard InChI is InChI=1S/C7H8ClN5/c8-5-1-2-7(11-10-5)13-4-3-6(9)12-13/h1-2H,3-4H2,(H2,9,12). The van der Waals surface area contributed by atoms with Gasteiger partial charge in [-0.3, -0.25) is 0 Å². The summed E-state index contributed by atoms with van der Waals surface area (Å²) in [7, 11) is 0. The largest absolute Gasteiger partial charge is 0.386 e. The maximum atomic E-state index is 5.59. The topological polar surface area (TPSA) is 67.4 Å². The summed E-state index contributed by atoms with van der Waals surface area (Å²) in [5, 5.41) is 13.7. The zero-order valence-corrected chi connectivity index (χ0v) is 7.57. The lowest BCUT2D eigenvalue weighted by Gasteiger charge is -2.09. The van der Waals surface area contributed by atoms with E-state index < -0.39 is 0 Å². The van der Waals surface area contributed by atoms with Gasteiger partial charge in [-0.25, -0.2) is 5.01 Å². The van der Waals surface area contributed by atoms with Crippen molar-refractivity contribution in [3.8, 4) is 0 Å². The zero-order valence-electron chi connectivity index (χ0n) is 6.81. The molecule has 5 nitrogen and oxygen atoms in total. The number of hydrazone groups is 1. The number of aromatic nitrogens is 2. The van der Waals surface area contributed by atoms with E-state index in [1.165, 1.54) is 0 Å². The number of amidine groups is 1. The average molecular weight is 198 g/mol. The Balaban J connectivity index is 2.22. The molecule has 2 rings (SSSR count). The van der Waals surface area contributed by atoms with Crippen LogP contribution in [0.5, 0.6) is 0 Å². The highest BCUT2D eigenvalue weighted by Crippen LogP contribution is 2.15. The number of nitrogens with zero attached hydrogens (tertiary/aromatic N) is 4. The molecular formula is C7H8ClN5. The number of rotatable bonds is 1. The van der Waals surface area contributed by atoms with Gasteiger partial charge in [-0.2, -0.15) is 5.10 Å². The van der Waals surface area contributed by atoms with Crippen LogP contribution in [-0.2, 0) is 0 Å². The first-order valence-electron chi connectivity index (χ1n) is 3.85. The lowest BCUT2D eigenvalue weighted by Crippen LogP contribution is -2.13. The summed E-state index contributed by atoms with van der Waals surface area (Å²) in [6, 6.07) is 3.44. The van der Waals surface area contributed by atoms with Gasteiger partial charge in [-0.1, -0.05) is 11.6 Å². The number of hydrogen-bond donors (Lipinski definition) is 1. The minimum atomic E-state index is 0.375. The zero-order chi connectivity index (χ0) is 9.26. The Labute approximate surface area is 80.2 Å². The molecule has 13 heavy (non-hydrogen) atoms. The smallest absolute Gasteiger partial charge is 0.171 e. The van der Waals surface area contributed by atoms with E-state index in [1.807, 2.05) is 0 Å². The lowest BCUT2D eigenvalue weighted by atomic mass is 10.4. The fraction of sp³-hybridized carbons (Fsp3) is 0.286. The van der Waals surface area contributed by atoms with Crippen molar-refractivity contribution in [2.45, 2.75) is 6.42 Å². The summed E-state index contributed by atoms with van der Waals surface area (Å²) >= 11 is 5.59. The molecule has 0 aromatic carbocycles. The summed E-state index contributed by atoms with van der Waals surface area (Å²) < 4.78 is 0. The summed E-state index contributed by atoms with van der Waals surface area (Å²) in [6.45, 7) is 0.752. The van der Waals surface area contributed by atoms with Crippen molar-refractivity contribution in [3.05, 3.63) is 17.3 Å². The van der Waals surface area contributed by atoms with Gasteiger partial charge in [-0.15, -0.1) is 10.2 Å². The van der Waals surface area contributed by atoms with E-state index in [1.54, 1.807) is 17.1 Å². The molecule has 0 unspecified atom stereocenters. The number of anilines is 1. The molecule has 0 saturated carbocycles. The van der Waals surface area contributed by atoms with Crippen molar-refractivity contribution in [1.29, 1.82) is 0 Å². The van der Waals surface area contributed by atoms with E-state index in [4.69, 9.17) is 17.3 Å². The maximum absolute atomic E-state index is 5.59. The predicted octanol–water partition coefficient (Wildman–Crippen LogP) is 0.612. The molecule has 0 spiro atoms. The first-order valence-corrected chi connectivity index (χ1v) is 4.23. The molecule has 0 saturated heterocycles. The molecule has 0 aliphatic carbocycles. The molecule has 1 aliphatic rings. The number of halogens is 1. The van der Waals surface area contributed by atoms with E-state index in [-0.39, 0.29) is 0 Å². The van der Waals surface area contributed by atoms with E-state index in [2.05, 4.69) is 15.3 Å². The Morgan fingerprint density at radius 2 is 2.23 bits per heavy atom. The van der Waals surface area contributed by atoms with E-state index >= 15 is 0 Å². The van der Waals surface area contributed by atoms with Crippen LogP contribution in [0.3, 0.4) is 0 Å². The second-order valence-electron chi connectivity index (χ2n) is 2.68. The van der Waals surface area contributed by atoms with Crippen LogP contribution < -0.4 is 10.7 Å². The second kappa shape index (κ2) is 3.18. The molecule has 0 amide bonds. The third-order valence-corrected chi connectivity index (χ3v) is 1.91. The molecule has 0 atom stereocenters. The Hall–Kier alpha value is -1.36. The van der Waals surface area contributed by atoms with Gasteiger partial charge in [0, 0.05) is 6.42 Å². The molecule has 0 fully saturated rings. The van der Waals surface area contributed by atoms with Crippen molar-refractivity contribution < 1.29 is 0 Å². The van der Waals surface area contributed by atoms with Gasteiger partial charge in [0.2, 0.25) is 0 Å². The summed E-state index contributed by atoms with van der Waals surface area (Å²) in [5.74, 6) is 1.29. The van der Waals surface area contributed by atoms with Crippen LogP contribution in [0.15, 0.2) is 17.2 Å². The first-order chi connectivity index (χ1) is 6.25. The van der Waals surface area contributed by atoms with Crippen molar-refractivity contribution >= 4 is 23.3 Å². The van der Waals surface area contributed by atoms with Crippen LogP contribution in [0.25, 0.3) is 0 Å². The fourth-order valence-electron chi connectivity index (χ4n) is 1.09. The fourth-order valence-corrected chi connectivity index (χ4v) is 1.19. The van der Waals surface area contributed by atoms with Crippen molar-refractivity contribution in [2.24, 2.45) is 10.8 Å². The number of nitrogens with two attached hydrogens (primary N) is 1. The maximum Gasteiger partial charge on any atom is 0.171 e. The van der Waals surface area contributed by atoms with Crippen LogP contribution in [-0.4, -0.2) is 22.6 Å². The van der Waals surface area contributed by atoms with E-state index in [0.29, 0.717) is 16.8 Å². The molecule has 2 heterocycles. The SMILES string of the molecule is NC1=NN(c2ccc(Cl)nn2)CC1. The lowest BCUT2D eigenvalue weighted by molar-refractivity contribution is 0.864. The van der Waals surface area contributed by atoms with E-state index in [0.717, 1.165) is 13.0 Å². The molecule has 1 aliphatic heterocycles. The van der Waals surface area contributed by atoms with Crippen molar-refractivity contribution in [1.82, 2.24) is 10.2 Å². The third-order valence-electron chi connectivity index (χ3n) is 1.71. The molecule has 1 aromatic rings. The predicted molar refractivity (Wildman–Crippen MR) is 50.6 cm³/mol. The summed E-state index contributed by atoms with van der Waals surface area (Å²) in [4.78, 5) is 0. The van der Waals surface area contributed by atoms with Gasteiger partial charge < -0.3 is 5.73 Å². The molecule has 6 heteroatoms. The van der Waals surface area contributed by atoms with Gasteiger partial charge in [0.25, 0.3) is 0 Å². The highest BCUT2D eigenvalue weighted by atomic mass is 35.5. The number of hydrogen-bond acceptors (Lipinski definition) is 5. The van der Waals surface area contributed by atoms with Crippen LogP contribution in [0.4, 0.5) is 5.82 Å². The quantitative estimate of drug-likeness (QED) is 0.717. The normalized spacial score (nSPS) is 16.1. The monoisotopic (exact) mass is 197 g/mol. The Kier molecular flexibility index (Phi) is 2.02. The molecular weight excluding hydrogens is 190 g/mol. The van der Waals surface area contributed by atoms with Crippen molar-refractivity contribution in [3.63, 3.8) is 0 Å². The Bertz CT molecular complexity index is 333. The van der Waals surface area contributed by atoms with Crippen molar-refractivity contribution in [2.75, 3.05) is 11.6 Å². The second-order valence-corrected chi connectivity index (χ2v) is 3.07. The molecule has 1 aromatic heterocycles. The third kappa shape index (κ3) is 1.70. The van der Waals surface area contributed by atoms with Crippen LogP contribution in [0.2, 0.25) is 5.15 Å². The average Bonchev–Trinajstić information content (AvgIpc) is 2.53. The van der Waals surface area contributed by atoms with Crippen LogP contribution in [0.1, 0.15) is 6.42 Å². The summed E-state index contributed by atoms with van der Waals surface area (Å²) in [6.07, 6.45) is 0.768. The van der Waals surface area contributed by atoms with Gasteiger partial charge >= 0.3 is 0 Å². The molecule has 68 valence electrons. The molecule has 0 bridgehead atoms. The highest BCUT2D eigenvalue weighted by Gasteiger charge is 2.14. The molecule has 0 radical (unpaired) electrons. The minimum Gasteiger partial charge on any atom is -0.386 e. The highest BCUT2D eigenvalue weighted by molar-refractivity contribution is 6.29. The van der Waals surface area contributed by atoms with Crippen LogP contribution in [0, 0.1) is 0 Å². The van der Waals surface area contributed by atoms with Gasteiger partial charge in [0.05, 0.1) is 6.54 Å². The Morgan fingerprint density at radius 1 is 1.38 bits per heavy atom. The molecule has 2 N–H and O–H groups in total. The van der Waals surface area contributed by atoms with E-state index in [9.17, 15) is 0 Å².